The number of pyridine rings is 2. The minimum atomic E-state index is -0.403. The van der Waals surface area contributed by atoms with Crippen LogP contribution in [0.4, 0.5) is 11.4 Å². The first-order valence-electron chi connectivity index (χ1n) is 8.25. The molecular formula is C20H21N3O2. The number of aryl methyl sites for hydroxylation is 2. The standard InChI is InChI=1S/C20H21N3O2/c1-12(2)25-20(24)17-11-21-19-16(10-7-14(4)22-19)18(17)23-15-8-5-13(3)6-9-15/h5-12H,1-4H3,(H,21,22,23). The number of hydrogen-bond acceptors (Lipinski definition) is 5. The molecule has 0 spiro atoms. The van der Waals surface area contributed by atoms with E-state index in [4.69, 9.17) is 4.74 Å². The molecule has 2 heterocycles. The number of fused-ring (bicyclic) bond motifs is 1. The second-order valence-corrected chi connectivity index (χ2v) is 6.32. The molecule has 0 bridgehead atoms. The molecule has 3 aromatic rings. The Morgan fingerprint density at radius 3 is 2.48 bits per heavy atom. The van der Waals surface area contributed by atoms with E-state index in [9.17, 15) is 4.79 Å². The van der Waals surface area contributed by atoms with E-state index in [-0.39, 0.29) is 6.10 Å². The van der Waals surface area contributed by atoms with Gasteiger partial charge in [0.25, 0.3) is 0 Å². The van der Waals surface area contributed by atoms with E-state index < -0.39 is 5.97 Å². The van der Waals surface area contributed by atoms with E-state index in [1.165, 1.54) is 11.8 Å². The average Bonchev–Trinajstić information content (AvgIpc) is 2.56. The van der Waals surface area contributed by atoms with Gasteiger partial charge >= 0.3 is 5.97 Å². The smallest absolute Gasteiger partial charge is 0.342 e. The Morgan fingerprint density at radius 2 is 1.80 bits per heavy atom. The van der Waals surface area contributed by atoms with E-state index in [1.54, 1.807) is 0 Å². The Balaban J connectivity index is 2.12. The molecule has 1 N–H and O–H groups in total. The van der Waals surface area contributed by atoms with Gasteiger partial charge in [-0.15, -0.1) is 0 Å². The van der Waals surface area contributed by atoms with Crippen LogP contribution < -0.4 is 5.32 Å². The second kappa shape index (κ2) is 6.89. The van der Waals surface area contributed by atoms with Crippen molar-refractivity contribution in [2.45, 2.75) is 33.8 Å². The average molecular weight is 335 g/mol. The van der Waals surface area contributed by atoms with Gasteiger partial charge in [0.05, 0.1) is 11.8 Å². The molecule has 0 aliphatic carbocycles. The van der Waals surface area contributed by atoms with Crippen LogP contribution in [0.5, 0.6) is 0 Å². The van der Waals surface area contributed by atoms with Gasteiger partial charge in [-0.2, -0.15) is 0 Å². The van der Waals surface area contributed by atoms with E-state index in [0.717, 1.165) is 16.8 Å². The summed E-state index contributed by atoms with van der Waals surface area (Å²) in [7, 11) is 0. The maximum absolute atomic E-state index is 12.5. The molecule has 0 radical (unpaired) electrons. The Morgan fingerprint density at radius 1 is 1.08 bits per heavy atom. The summed E-state index contributed by atoms with van der Waals surface area (Å²) >= 11 is 0. The van der Waals surface area contributed by atoms with Gasteiger partial charge in [0, 0.05) is 23.0 Å². The molecule has 2 aromatic heterocycles. The molecule has 1 aromatic carbocycles. The number of benzene rings is 1. The van der Waals surface area contributed by atoms with E-state index in [2.05, 4.69) is 15.3 Å². The zero-order valence-electron chi connectivity index (χ0n) is 14.8. The number of anilines is 2. The summed E-state index contributed by atoms with van der Waals surface area (Å²) in [4.78, 5) is 21.3. The summed E-state index contributed by atoms with van der Waals surface area (Å²) in [6, 6.07) is 11.8. The second-order valence-electron chi connectivity index (χ2n) is 6.32. The molecule has 0 atom stereocenters. The molecule has 0 aliphatic rings. The predicted molar refractivity (Wildman–Crippen MR) is 99.3 cm³/mol. The quantitative estimate of drug-likeness (QED) is 0.708. The first kappa shape index (κ1) is 16.9. The van der Waals surface area contributed by atoms with Crippen LogP contribution in [0.2, 0.25) is 0 Å². The van der Waals surface area contributed by atoms with Crippen LogP contribution in [0, 0.1) is 13.8 Å². The summed E-state index contributed by atoms with van der Waals surface area (Å²) in [6.07, 6.45) is 1.32. The molecule has 0 saturated heterocycles. The first-order valence-corrected chi connectivity index (χ1v) is 8.25. The van der Waals surface area contributed by atoms with Crippen molar-refractivity contribution in [3.05, 3.63) is 59.4 Å². The highest BCUT2D eigenvalue weighted by Crippen LogP contribution is 2.29. The third-order valence-corrected chi connectivity index (χ3v) is 3.75. The van der Waals surface area contributed by atoms with Gasteiger partial charge in [0.1, 0.15) is 5.56 Å². The van der Waals surface area contributed by atoms with Crippen LogP contribution in [0.15, 0.2) is 42.6 Å². The Bertz CT molecular complexity index is 918. The number of hydrogen-bond donors (Lipinski definition) is 1. The van der Waals surface area contributed by atoms with Crippen molar-refractivity contribution in [1.29, 1.82) is 0 Å². The number of ether oxygens (including phenoxy) is 1. The largest absolute Gasteiger partial charge is 0.459 e. The van der Waals surface area contributed by atoms with Crippen molar-refractivity contribution >= 4 is 28.4 Å². The Kier molecular flexibility index (Phi) is 4.65. The third kappa shape index (κ3) is 3.76. The molecule has 0 saturated carbocycles. The minimum absolute atomic E-state index is 0.202. The first-order chi connectivity index (χ1) is 11.9. The summed E-state index contributed by atoms with van der Waals surface area (Å²) in [5.41, 5.74) is 4.58. The molecule has 5 heteroatoms. The highest BCUT2D eigenvalue weighted by molar-refractivity contribution is 6.05. The normalized spacial score (nSPS) is 10.9. The third-order valence-electron chi connectivity index (χ3n) is 3.75. The van der Waals surface area contributed by atoms with Crippen LogP contribution in [0.1, 0.15) is 35.5 Å². The lowest BCUT2D eigenvalue weighted by Gasteiger charge is -2.15. The van der Waals surface area contributed by atoms with Crippen LogP contribution in [-0.4, -0.2) is 22.0 Å². The van der Waals surface area contributed by atoms with Gasteiger partial charge < -0.3 is 10.1 Å². The molecule has 0 fully saturated rings. The van der Waals surface area contributed by atoms with E-state index >= 15 is 0 Å². The van der Waals surface area contributed by atoms with Gasteiger partial charge in [0.15, 0.2) is 5.65 Å². The maximum Gasteiger partial charge on any atom is 0.342 e. The number of carbonyl (C=O) groups excluding carboxylic acids is 1. The van der Waals surface area contributed by atoms with Gasteiger partial charge in [-0.1, -0.05) is 17.7 Å². The lowest BCUT2D eigenvalue weighted by Crippen LogP contribution is -2.14. The number of rotatable bonds is 4. The topological polar surface area (TPSA) is 64.1 Å². The van der Waals surface area contributed by atoms with Crippen LogP contribution in [0.3, 0.4) is 0 Å². The number of esters is 1. The number of carbonyl (C=O) groups is 1. The number of nitrogens with zero attached hydrogens (tertiary/aromatic N) is 2. The minimum Gasteiger partial charge on any atom is -0.459 e. The van der Waals surface area contributed by atoms with E-state index in [0.29, 0.717) is 16.9 Å². The zero-order chi connectivity index (χ0) is 18.0. The van der Waals surface area contributed by atoms with Crippen LogP contribution >= 0.6 is 0 Å². The summed E-state index contributed by atoms with van der Waals surface area (Å²) in [5.74, 6) is -0.403. The molecule has 0 amide bonds. The summed E-state index contributed by atoms with van der Waals surface area (Å²) < 4.78 is 5.37. The van der Waals surface area contributed by atoms with Crippen molar-refractivity contribution in [1.82, 2.24) is 9.97 Å². The maximum atomic E-state index is 12.5. The highest BCUT2D eigenvalue weighted by atomic mass is 16.5. The number of nitrogens with one attached hydrogen (secondary N) is 1. The lowest BCUT2D eigenvalue weighted by molar-refractivity contribution is 0.0379. The highest BCUT2D eigenvalue weighted by Gasteiger charge is 2.18. The van der Waals surface area contributed by atoms with Crippen LogP contribution in [0.25, 0.3) is 11.0 Å². The SMILES string of the molecule is Cc1ccc(Nc2c(C(=O)OC(C)C)cnc3nc(C)ccc23)cc1. The van der Waals surface area contributed by atoms with Crippen molar-refractivity contribution in [3.8, 4) is 0 Å². The Hall–Kier alpha value is -2.95. The molecule has 0 unspecified atom stereocenters. The Labute approximate surface area is 147 Å². The fourth-order valence-corrected chi connectivity index (χ4v) is 2.52. The molecular weight excluding hydrogens is 314 g/mol. The van der Waals surface area contributed by atoms with Crippen molar-refractivity contribution in [2.24, 2.45) is 0 Å². The van der Waals surface area contributed by atoms with Gasteiger partial charge in [0.2, 0.25) is 0 Å². The van der Waals surface area contributed by atoms with Gasteiger partial charge in [-0.05, 0) is 52.0 Å². The van der Waals surface area contributed by atoms with Crippen molar-refractivity contribution in [2.75, 3.05) is 5.32 Å². The zero-order valence-corrected chi connectivity index (χ0v) is 14.8. The van der Waals surface area contributed by atoms with Crippen molar-refractivity contribution < 1.29 is 9.53 Å². The number of aromatic nitrogens is 2. The molecule has 0 aliphatic heterocycles. The van der Waals surface area contributed by atoms with E-state index in [1.807, 2.05) is 64.1 Å². The van der Waals surface area contributed by atoms with Gasteiger partial charge in [-0.3, -0.25) is 0 Å². The summed E-state index contributed by atoms with van der Waals surface area (Å²) in [6.45, 7) is 7.59. The monoisotopic (exact) mass is 335 g/mol. The molecule has 128 valence electrons. The van der Waals surface area contributed by atoms with Crippen LogP contribution in [-0.2, 0) is 4.74 Å². The molecule has 25 heavy (non-hydrogen) atoms. The molecule has 5 nitrogen and oxygen atoms in total. The fourth-order valence-electron chi connectivity index (χ4n) is 2.52. The van der Waals surface area contributed by atoms with Crippen molar-refractivity contribution in [3.63, 3.8) is 0 Å². The molecule has 3 rings (SSSR count). The fraction of sp³-hybridized carbons (Fsp3) is 0.250. The predicted octanol–water partition coefficient (Wildman–Crippen LogP) is 4.56. The lowest BCUT2D eigenvalue weighted by atomic mass is 10.1. The summed E-state index contributed by atoms with van der Waals surface area (Å²) in [5, 5.41) is 4.12. The van der Waals surface area contributed by atoms with Gasteiger partial charge in [-0.25, -0.2) is 14.8 Å².